The number of H-pyrrole nitrogens is 1. The highest BCUT2D eigenvalue weighted by molar-refractivity contribution is 6.21. The predicted octanol–water partition coefficient (Wildman–Crippen LogP) is 1.56. The fourth-order valence-corrected chi connectivity index (χ4v) is 3.47. The van der Waals surface area contributed by atoms with Crippen molar-refractivity contribution >= 4 is 22.5 Å². The van der Waals surface area contributed by atoms with Gasteiger partial charge in [-0.15, -0.1) is 0 Å². The Balaban J connectivity index is 1.89. The summed E-state index contributed by atoms with van der Waals surface area (Å²) < 4.78 is 0. The number of aromatic amines is 1. The average Bonchev–Trinajstić information content (AvgIpc) is 2.81. The third-order valence-corrected chi connectivity index (χ3v) is 5.07. The summed E-state index contributed by atoms with van der Waals surface area (Å²) in [6.45, 7) is 7.66. The van der Waals surface area contributed by atoms with Crippen molar-refractivity contribution in [2.75, 3.05) is 6.54 Å². The van der Waals surface area contributed by atoms with Crippen LogP contribution in [0.4, 0.5) is 0 Å². The molecule has 4 rings (SSSR count). The van der Waals surface area contributed by atoms with E-state index in [1.807, 2.05) is 32.0 Å². The highest BCUT2D eigenvalue weighted by Gasteiger charge is 2.35. The quantitative estimate of drug-likeness (QED) is 0.786. The first-order chi connectivity index (χ1) is 10.9. The van der Waals surface area contributed by atoms with E-state index >= 15 is 0 Å². The Morgan fingerprint density at radius 3 is 2.87 bits per heavy atom. The van der Waals surface area contributed by atoms with Gasteiger partial charge in [-0.1, -0.05) is 6.07 Å². The number of aromatic nitrogens is 1. The molecule has 23 heavy (non-hydrogen) atoms. The number of hydrogen-bond acceptors (Lipinski definition) is 4. The Morgan fingerprint density at radius 2 is 2.13 bits per heavy atom. The summed E-state index contributed by atoms with van der Waals surface area (Å²) in [5, 5.41) is 5.36. The van der Waals surface area contributed by atoms with Gasteiger partial charge in [0.2, 0.25) is 0 Å². The van der Waals surface area contributed by atoms with Gasteiger partial charge in [0.05, 0.1) is 11.3 Å². The van der Waals surface area contributed by atoms with Gasteiger partial charge in [0, 0.05) is 46.8 Å². The Bertz CT molecular complexity index is 843. The molecule has 0 radical (unpaired) electrons. The molecule has 1 aromatic carbocycles. The SMILES string of the molecule is CC(N1CC2=NNC(=O)c3cccc4[nH]c(c2c34)C1)C(C)(C)N. The standard InChI is InChI=1S/C17H21N5O/c1-9(17(2,3)18)22-7-12-15-13(8-22)20-21-16(23)10-5-4-6-11(19-12)14(10)15/h4-6,9,19H,7-8,18H2,1-3H3,(H,21,23). The third kappa shape index (κ3) is 2.09. The molecule has 1 aromatic heterocycles. The molecule has 1 unspecified atom stereocenters. The molecule has 0 saturated carbocycles. The first-order valence-electron chi connectivity index (χ1n) is 7.90. The van der Waals surface area contributed by atoms with Crippen LogP contribution in [0.5, 0.6) is 0 Å². The Kier molecular flexibility index (Phi) is 2.92. The molecular weight excluding hydrogens is 290 g/mol. The second-order valence-electron chi connectivity index (χ2n) is 7.11. The second-order valence-corrected chi connectivity index (χ2v) is 7.11. The van der Waals surface area contributed by atoms with E-state index in [1.54, 1.807) is 0 Å². The van der Waals surface area contributed by atoms with Crippen LogP contribution >= 0.6 is 0 Å². The Labute approximate surface area is 134 Å². The Morgan fingerprint density at radius 1 is 1.35 bits per heavy atom. The molecule has 6 heteroatoms. The van der Waals surface area contributed by atoms with E-state index in [0.717, 1.165) is 34.4 Å². The van der Waals surface area contributed by atoms with Crippen molar-refractivity contribution in [2.24, 2.45) is 10.8 Å². The summed E-state index contributed by atoms with van der Waals surface area (Å²) in [6.07, 6.45) is 0. The lowest BCUT2D eigenvalue weighted by Gasteiger charge is -2.39. The first-order valence-corrected chi connectivity index (χ1v) is 7.90. The van der Waals surface area contributed by atoms with Gasteiger partial charge in [-0.05, 0) is 32.9 Å². The van der Waals surface area contributed by atoms with Gasteiger partial charge < -0.3 is 10.7 Å². The molecule has 0 spiro atoms. The number of rotatable bonds is 2. The van der Waals surface area contributed by atoms with E-state index in [9.17, 15) is 4.79 Å². The van der Waals surface area contributed by atoms with Crippen LogP contribution in [0, 0.1) is 0 Å². The minimum Gasteiger partial charge on any atom is -0.357 e. The van der Waals surface area contributed by atoms with Gasteiger partial charge in [0.25, 0.3) is 5.91 Å². The normalized spacial score (nSPS) is 19.3. The van der Waals surface area contributed by atoms with Gasteiger partial charge in [-0.25, -0.2) is 5.43 Å². The number of carbonyl (C=O) groups excluding carboxylic acids is 1. The maximum absolute atomic E-state index is 12.3. The summed E-state index contributed by atoms with van der Waals surface area (Å²) in [6, 6.07) is 5.94. The maximum Gasteiger partial charge on any atom is 0.272 e. The minimum absolute atomic E-state index is 0.155. The number of hydrogen-bond donors (Lipinski definition) is 3. The predicted molar refractivity (Wildman–Crippen MR) is 90.4 cm³/mol. The van der Waals surface area contributed by atoms with Crippen LogP contribution in [0.15, 0.2) is 23.3 Å². The summed E-state index contributed by atoms with van der Waals surface area (Å²) >= 11 is 0. The number of amides is 1. The lowest BCUT2D eigenvalue weighted by Crippen LogP contribution is -2.55. The number of nitrogens with two attached hydrogens (primary N) is 1. The maximum atomic E-state index is 12.3. The zero-order valence-electron chi connectivity index (χ0n) is 13.6. The molecule has 120 valence electrons. The average molecular weight is 311 g/mol. The van der Waals surface area contributed by atoms with Crippen LogP contribution in [0.25, 0.3) is 10.9 Å². The molecule has 0 bridgehead atoms. The lowest BCUT2D eigenvalue weighted by molar-refractivity contribution is 0.0956. The molecule has 2 aliphatic rings. The lowest BCUT2D eigenvalue weighted by atomic mass is 9.92. The van der Waals surface area contributed by atoms with E-state index in [-0.39, 0.29) is 17.5 Å². The number of nitrogens with one attached hydrogen (secondary N) is 2. The van der Waals surface area contributed by atoms with Crippen LogP contribution in [0.1, 0.15) is 42.4 Å². The highest BCUT2D eigenvalue weighted by Crippen LogP contribution is 2.33. The van der Waals surface area contributed by atoms with Crippen LogP contribution in [0.3, 0.4) is 0 Å². The fourth-order valence-electron chi connectivity index (χ4n) is 3.47. The van der Waals surface area contributed by atoms with E-state index in [4.69, 9.17) is 5.73 Å². The molecule has 1 amide bonds. The summed E-state index contributed by atoms with van der Waals surface area (Å²) in [4.78, 5) is 18.1. The second kappa shape index (κ2) is 4.66. The van der Waals surface area contributed by atoms with Crippen molar-refractivity contribution in [3.05, 3.63) is 35.0 Å². The summed E-state index contributed by atoms with van der Waals surface area (Å²) in [5.74, 6) is -0.155. The van der Waals surface area contributed by atoms with Gasteiger partial charge in [-0.3, -0.25) is 9.69 Å². The molecule has 2 aliphatic heterocycles. The monoisotopic (exact) mass is 311 g/mol. The number of hydrazone groups is 1. The van der Waals surface area contributed by atoms with Crippen LogP contribution < -0.4 is 11.2 Å². The first kappa shape index (κ1) is 14.4. The molecule has 3 heterocycles. The smallest absolute Gasteiger partial charge is 0.272 e. The van der Waals surface area contributed by atoms with E-state index in [0.29, 0.717) is 12.1 Å². The van der Waals surface area contributed by atoms with Gasteiger partial charge >= 0.3 is 0 Å². The Hall–Kier alpha value is -2.18. The summed E-state index contributed by atoms with van der Waals surface area (Å²) in [7, 11) is 0. The van der Waals surface area contributed by atoms with Gasteiger partial charge in [0.1, 0.15) is 0 Å². The van der Waals surface area contributed by atoms with Gasteiger partial charge in [-0.2, -0.15) is 5.10 Å². The molecular formula is C17H21N5O. The number of carbonyl (C=O) groups is 1. The van der Waals surface area contributed by atoms with E-state index in [2.05, 4.69) is 27.3 Å². The van der Waals surface area contributed by atoms with Crippen LogP contribution in [-0.2, 0) is 6.54 Å². The molecule has 4 N–H and O–H groups in total. The van der Waals surface area contributed by atoms with Crippen molar-refractivity contribution in [2.45, 2.75) is 38.9 Å². The van der Waals surface area contributed by atoms with E-state index < -0.39 is 0 Å². The molecule has 1 atom stereocenters. The zero-order valence-corrected chi connectivity index (χ0v) is 13.6. The fraction of sp³-hybridized carbons (Fsp3) is 0.412. The molecule has 6 nitrogen and oxygen atoms in total. The van der Waals surface area contributed by atoms with Gasteiger partial charge in [0.15, 0.2) is 0 Å². The molecule has 0 aliphatic carbocycles. The minimum atomic E-state index is -0.316. The van der Waals surface area contributed by atoms with E-state index in [1.165, 1.54) is 0 Å². The van der Waals surface area contributed by atoms with Crippen molar-refractivity contribution in [3.8, 4) is 0 Å². The highest BCUT2D eigenvalue weighted by atomic mass is 16.2. The molecule has 0 fully saturated rings. The van der Waals surface area contributed by atoms with Crippen molar-refractivity contribution < 1.29 is 4.79 Å². The zero-order chi connectivity index (χ0) is 16.4. The molecule has 0 saturated heterocycles. The van der Waals surface area contributed by atoms with Crippen LogP contribution in [0.2, 0.25) is 0 Å². The largest absolute Gasteiger partial charge is 0.357 e. The number of nitrogens with zero attached hydrogens (tertiary/aromatic N) is 2. The van der Waals surface area contributed by atoms with Crippen molar-refractivity contribution in [1.82, 2.24) is 15.3 Å². The number of benzene rings is 1. The van der Waals surface area contributed by atoms with Crippen LogP contribution in [-0.4, -0.2) is 39.6 Å². The van der Waals surface area contributed by atoms with Crippen molar-refractivity contribution in [1.29, 1.82) is 0 Å². The third-order valence-electron chi connectivity index (χ3n) is 5.07. The van der Waals surface area contributed by atoms with Crippen molar-refractivity contribution in [3.63, 3.8) is 0 Å². The molecule has 2 aromatic rings. The topological polar surface area (TPSA) is 86.5 Å². The summed E-state index contributed by atoms with van der Waals surface area (Å²) in [5.41, 5.74) is 13.4.